The fraction of sp³-hybridized carbons (Fsp3) is 0.333. The Labute approximate surface area is 107 Å². The molecular weight excluding hydrogens is 224 g/mol. The van der Waals surface area contributed by atoms with E-state index in [1.165, 1.54) is 5.56 Å². The zero-order chi connectivity index (χ0) is 13.1. The molecule has 0 unspecified atom stereocenters. The van der Waals surface area contributed by atoms with Crippen molar-refractivity contribution < 1.29 is 4.79 Å². The smallest absolute Gasteiger partial charge is 0.182 e. The Bertz CT molecular complexity index is 552. The van der Waals surface area contributed by atoms with E-state index in [1.807, 2.05) is 42.7 Å². The summed E-state index contributed by atoms with van der Waals surface area (Å²) in [4.78, 5) is 16.3. The van der Waals surface area contributed by atoms with Gasteiger partial charge in [-0.1, -0.05) is 31.2 Å². The molecule has 0 radical (unpaired) electrons. The Balaban J connectivity index is 2.14. The molecule has 1 aromatic carbocycles. The molecule has 1 aromatic heterocycles. The summed E-state index contributed by atoms with van der Waals surface area (Å²) in [6.45, 7) is 6.40. The van der Waals surface area contributed by atoms with Crippen molar-refractivity contribution in [2.75, 3.05) is 0 Å². The van der Waals surface area contributed by atoms with Crippen molar-refractivity contribution in [3.63, 3.8) is 0 Å². The highest BCUT2D eigenvalue weighted by atomic mass is 16.1. The van der Waals surface area contributed by atoms with Crippen LogP contribution in [-0.4, -0.2) is 15.3 Å². The average Bonchev–Trinajstić information content (AvgIpc) is 2.71. The zero-order valence-electron chi connectivity index (χ0n) is 11.1. The Morgan fingerprint density at radius 1 is 1.22 bits per heavy atom. The van der Waals surface area contributed by atoms with Crippen LogP contribution in [0.5, 0.6) is 0 Å². The van der Waals surface area contributed by atoms with E-state index in [1.54, 1.807) is 6.33 Å². The quantitative estimate of drug-likeness (QED) is 0.773. The fourth-order valence-electron chi connectivity index (χ4n) is 1.88. The number of aromatic nitrogens is 2. The molecule has 0 spiro atoms. The van der Waals surface area contributed by atoms with Crippen molar-refractivity contribution in [1.29, 1.82) is 0 Å². The molecule has 0 saturated carbocycles. The number of hydrogen-bond donors (Lipinski definition) is 0. The number of hydrogen-bond acceptors (Lipinski definition) is 2. The number of imidazole rings is 1. The number of carbonyl (C=O) groups is 1. The molecule has 0 atom stereocenters. The molecule has 3 nitrogen and oxygen atoms in total. The van der Waals surface area contributed by atoms with E-state index in [2.05, 4.69) is 11.9 Å². The van der Waals surface area contributed by atoms with Crippen molar-refractivity contribution in [2.45, 2.75) is 33.7 Å². The first-order chi connectivity index (χ1) is 8.61. The van der Waals surface area contributed by atoms with Crippen LogP contribution in [0.1, 0.15) is 34.2 Å². The van der Waals surface area contributed by atoms with Crippen LogP contribution in [0.15, 0.2) is 30.6 Å². The predicted octanol–water partition coefficient (Wildman–Crippen LogP) is 2.95. The van der Waals surface area contributed by atoms with Gasteiger partial charge in [0.2, 0.25) is 0 Å². The van der Waals surface area contributed by atoms with Gasteiger partial charge in [-0.15, -0.1) is 0 Å². The van der Waals surface area contributed by atoms with E-state index >= 15 is 0 Å². The highest BCUT2D eigenvalue weighted by molar-refractivity contribution is 5.95. The first-order valence-corrected chi connectivity index (χ1v) is 6.22. The van der Waals surface area contributed by atoms with Crippen LogP contribution in [0.3, 0.4) is 0 Å². The molecule has 0 amide bonds. The Kier molecular flexibility index (Phi) is 3.60. The van der Waals surface area contributed by atoms with Crippen LogP contribution in [0.4, 0.5) is 0 Å². The fourth-order valence-corrected chi connectivity index (χ4v) is 1.88. The summed E-state index contributed by atoms with van der Waals surface area (Å²) in [6, 6.07) is 7.83. The lowest BCUT2D eigenvalue weighted by Gasteiger charge is -2.05. The maximum absolute atomic E-state index is 12.1. The zero-order valence-corrected chi connectivity index (χ0v) is 11.1. The van der Waals surface area contributed by atoms with Gasteiger partial charge >= 0.3 is 0 Å². The minimum atomic E-state index is 0.123. The van der Waals surface area contributed by atoms with Crippen molar-refractivity contribution in [2.24, 2.45) is 0 Å². The summed E-state index contributed by atoms with van der Waals surface area (Å²) in [5.74, 6) is 0.123. The lowest BCUT2D eigenvalue weighted by molar-refractivity contribution is 0.0971. The number of benzene rings is 1. The molecule has 0 fully saturated rings. The van der Waals surface area contributed by atoms with E-state index in [-0.39, 0.29) is 5.78 Å². The Morgan fingerprint density at radius 3 is 2.39 bits per heavy atom. The van der Waals surface area contributed by atoms with Gasteiger partial charge in [0.1, 0.15) is 0 Å². The van der Waals surface area contributed by atoms with Crippen LogP contribution in [0.25, 0.3) is 0 Å². The lowest BCUT2D eigenvalue weighted by Crippen LogP contribution is -2.11. The number of ketones is 1. The molecule has 0 bridgehead atoms. The third-order valence-corrected chi connectivity index (χ3v) is 3.34. The molecule has 0 aliphatic carbocycles. The van der Waals surface area contributed by atoms with E-state index < -0.39 is 0 Å². The molecule has 2 aromatic rings. The van der Waals surface area contributed by atoms with Crippen molar-refractivity contribution in [3.05, 3.63) is 53.1 Å². The molecule has 0 saturated heterocycles. The number of nitrogens with zero attached hydrogens (tertiary/aromatic N) is 2. The van der Waals surface area contributed by atoms with E-state index in [0.29, 0.717) is 6.54 Å². The highest BCUT2D eigenvalue weighted by Crippen LogP contribution is 2.09. The van der Waals surface area contributed by atoms with Gasteiger partial charge in [0, 0.05) is 11.3 Å². The molecule has 0 N–H and O–H groups in total. The standard InChI is InChI=1S/C15H18N2O/c1-4-13-5-7-14(8-6-13)15(18)9-17-10-16-11(2)12(17)3/h5-8,10H,4,9H2,1-3H3. The predicted molar refractivity (Wildman–Crippen MR) is 71.9 cm³/mol. The van der Waals surface area contributed by atoms with Gasteiger partial charge in [-0.2, -0.15) is 0 Å². The molecule has 0 aliphatic heterocycles. The van der Waals surface area contributed by atoms with Crippen molar-refractivity contribution >= 4 is 5.78 Å². The molecule has 3 heteroatoms. The Morgan fingerprint density at radius 2 is 1.89 bits per heavy atom. The third-order valence-electron chi connectivity index (χ3n) is 3.34. The van der Waals surface area contributed by atoms with Crippen molar-refractivity contribution in [1.82, 2.24) is 9.55 Å². The first kappa shape index (κ1) is 12.6. The second-order valence-corrected chi connectivity index (χ2v) is 4.52. The maximum atomic E-state index is 12.1. The minimum Gasteiger partial charge on any atom is -0.327 e. The van der Waals surface area contributed by atoms with Gasteiger partial charge in [-0.05, 0) is 25.8 Å². The molecule has 1 heterocycles. The number of rotatable bonds is 4. The van der Waals surface area contributed by atoms with Gasteiger partial charge in [-0.3, -0.25) is 4.79 Å². The largest absolute Gasteiger partial charge is 0.327 e. The topological polar surface area (TPSA) is 34.9 Å². The van der Waals surface area contributed by atoms with Crippen molar-refractivity contribution in [3.8, 4) is 0 Å². The molecule has 18 heavy (non-hydrogen) atoms. The van der Waals surface area contributed by atoms with Crippen LogP contribution < -0.4 is 0 Å². The molecule has 0 aliphatic rings. The van der Waals surface area contributed by atoms with Gasteiger partial charge in [0.25, 0.3) is 0 Å². The second kappa shape index (κ2) is 5.17. The maximum Gasteiger partial charge on any atom is 0.182 e. The Hall–Kier alpha value is -1.90. The lowest BCUT2D eigenvalue weighted by atomic mass is 10.1. The SMILES string of the molecule is CCc1ccc(C(=O)Cn2cnc(C)c2C)cc1. The van der Waals surface area contributed by atoms with E-state index in [9.17, 15) is 4.79 Å². The number of Topliss-reactive ketones (excluding diaryl/α,β-unsaturated/α-hetero) is 1. The van der Waals surface area contributed by atoms with Crippen LogP contribution >= 0.6 is 0 Å². The first-order valence-electron chi connectivity index (χ1n) is 6.22. The number of carbonyl (C=O) groups excluding carboxylic acids is 1. The highest BCUT2D eigenvalue weighted by Gasteiger charge is 2.09. The molecule has 94 valence electrons. The average molecular weight is 242 g/mol. The summed E-state index contributed by atoms with van der Waals surface area (Å²) in [5.41, 5.74) is 4.04. The summed E-state index contributed by atoms with van der Waals surface area (Å²) in [5, 5.41) is 0. The van der Waals surface area contributed by atoms with Gasteiger partial charge in [0.05, 0.1) is 18.6 Å². The minimum absolute atomic E-state index is 0.123. The van der Waals surface area contributed by atoms with Crippen LogP contribution in [0, 0.1) is 13.8 Å². The van der Waals surface area contributed by atoms with E-state index in [4.69, 9.17) is 0 Å². The van der Waals surface area contributed by atoms with Gasteiger partial charge < -0.3 is 4.57 Å². The summed E-state index contributed by atoms with van der Waals surface area (Å²) >= 11 is 0. The van der Waals surface area contributed by atoms with Gasteiger partial charge in [0.15, 0.2) is 5.78 Å². The van der Waals surface area contributed by atoms with Crippen LogP contribution in [-0.2, 0) is 13.0 Å². The molecule has 2 rings (SSSR count). The summed E-state index contributed by atoms with van der Waals surface area (Å²) in [7, 11) is 0. The monoisotopic (exact) mass is 242 g/mol. The van der Waals surface area contributed by atoms with Crippen LogP contribution in [0.2, 0.25) is 0 Å². The second-order valence-electron chi connectivity index (χ2n) is 4.52. The van der Waals surface area contributed by atoms with Gasteiger partial charge in [-0.25, -0.2) is 4.98 Å². The summed E-state index contributed by atoms with van der Waals surface area (Å²) < 4.78 is 1.89. The van der Waals surface area contributed by atoms with E-state index in [0.717, 1.165) is 23.4 Å². The normalized spacial score (nSPS) is 10.6. The third kappa shape index (κ3) is 2.50. The summed E-state index contributed by atoms with van der Waals surface area (Å²) in [6.07, 6.45) is 2.72. The molecular formula is C15H18N2O. The number of aryl methyl sites for hydroxylation is 2.